The van der Waals surface area contributed by atoms with Crippen molar-refractivity contribution < 1.29 is 0 Å². The van der Waals surface area contributed by atoms with Crippen molar-refractivity contribution in [2.45, 2.75) is 17.3 Å². The van der Waals surface area contributed by atoms with E-state index in [4.69, 9.17) is 0 Å². The molecule has 9 rings (SSSR count). The van der Waals surface area contributed by atoms with Gasteiger partial charge >= 0.3 is 0 Å². The van der Waals surface area contributed by atoms with Gasteiger partial charge in [0.15, 0.2) is 0 Å². The first kappa shape index (κ1) is 21.3. The molecule has 6 aromatic rings. The highest BCUT2D eigenvalue weighted by atomic mass is 14.6. The summed E-state index contributed by atoms with van der Waals surface area (Å²) in [6.07, 6.45) is 0. The Morgan fingerprint density at radius 2 is 0.538 bits per heavy atom. The summed E-state index contributed by atoms with van der Waals surface area (Å²) in [5, 5.41) is 0. The summed E-state index contributed by atoms with van der Waals surface area (Å²) in [5.41, 5.74) is 16.6. The Labute approximate surface area is 229 Å². The van der Waals surface area contributed by atoms with Crippen LogP contribution in [0.15, 0.2) is 146 Å². The summed E-state index contributed by atoms with van der Waals surface area (Å²) in [6.45, 7) is 0. The molecule has 0 amide bonds. The second kappa shape index (κ2) is 7.68. The second-order valence-electron chi connectivity index (χ2n) is 11.2. The maximum atomic E-state index is 2.42. The summed E-state index contributed by atoms with van der Waals surface area (Å²) in [4.78, 5) is 0. The third-order valence-corrected chi connectivity index (χ3v) is 9.61. The zero-order valence-corrected chi connectivity index (χ0v) is 21.5. The van der Waals surface area contributed by atoms with Crippen LogP contribution in [-0.2, 0) is 5.41 Å². The fraction of sp³-hybridized carbons (Fsp3) is 0.0769. The van der Waals surface area contributed by atoms with Crippen molar-refractivity contribution in [1.82, 2.24) is 0 Å². The largest absolute Gasteiger partial charge is 0.0619 e. The lowest BCUT2D eigenvalue weighted by Crippen LogP contribution is -2.39. The monoisotopic (exact) mass is 494 g/mol. The Morgan fingerprint density at radius 1 is 0.282 bits per heavy atom. The molecule has 0 bridgehead atoms. The number of hydrogen-bond donors (Lipinski definition) is 0. The molecule has 0 nitrogen and oxygen atoms in total. The Bertz CT molecular complexity index is 1710. The number of fused-ring (bicyclic) bond motifs is 9. The lowest BCUT2D eigenvalue weighted by molar-refractivity contribution is 0.420. The van der Waals surface area contributed by atoms with E-state index in [-0.39, 0.29) is 17.3 Å². The smallest absolute Gasteiger partial charge is 0.0433 e. The van der Waals surface area contributed by atoms with Gasteiger partial charge in [0.1, 0.15) is 0 Å². The van der Waals surface area contributed by atoms with Crippen LogP contribution in [0.3, 0.4) is 0 Å². The molecule has 0 aromatic heterocycles. The van der Waals surface area contributed by atoms with Crippen LogP contribution in [0.2, 0.25) is 0 Å². The molecular formula is C39H26. The van der Waals surface area contributed by atoms with E-state index in [0.717, 1.165) is 0 Å². The van der Waals surface area contributed by atoms with Crippen LogP contribution in [-0.4, -0.2) is 0 Å². The van der Waals surface area contributed by atoms with Gasteiger partial charge in [-0.05, 0) is 66.8 Å². The minimum absolute atomic E-state index is 0.180. The predicted molar refractivity (Wildman–Crippen MR) is 160 cm³/mol. The molecule has 0 heteroatoms. The van der Waals surface area contributed by atoms with E-state index in [1.165, 1.54) is 66.8 Å². The van der Waals surface area contributed by atoms with Crippen LogP contribution in [0.4, 0.5) is 0 Å². The summed E-state index contributed by atoms with van der Waals surface area (Å²) in [5.74, 6) is 0.359. The van der Waals surface area contributed by atoms with Crippen LogP contribution in [0.5, 0.6) is 0 Å². The average Bonchev–Trinajstić information content (AvgIpc) is 3.62. The fourth-order valence-electron chi connectivity index (χ4n) is 8.38. The Hall–Kier alpha value is -4.68. The lowest BCUT2D eigenvalue weighted by atomic mass is 9.56. The zero-order chi connectivity index (χ0) is 25.6. The minimum atomic E-state index is -0.307. The van der Waals surface area contributed by atoms with Gasteiger partial charge in [-0.2, -0.15) is 0 Å². The molecular weight excluding hydrogens is 468 g/mol. The van der Waals surface area contributed by atoms with Crippen LogP contribution in [0.1, 0.15) is 45.2 Å². The molecule has 3 aliphatic carbocycles. The maximum Gasteiger partial charge on any atom is 0.0433 e. The molecule has 0 heterocycles. The quantitative estimate of drug-likeness (QED) is 0.225. The molecule has 0 spiro atoms. The van der Waals surface area contributed by atoms with Gasteiger partial charge in [-0.1, -0.05) is 146 Å². The molecule has 0 aliphatic heterocycles. The van der Waals surface area contributed by atoms with E-state index in [1.807, 2.05) is 0 Å². The molecule has 3 aliphatic rings. The van der Waals surface area contributed by atoms with Gasteiger partial charge in [0.05, 0.1) is 0 Å². The molecule has 182 valence electrons. The van der Waals surface area contributed by atoms with Crippen molar-refractivity contribution >= 4 is 0 Å². The summed E-state index contributed by atoms with van der Waals surface area (Å²) in [7, 11) is 0. The van der Waals surface area contributed by atoms with Gasteiger partial charge in [0.25, 0.3) is 0 Å². The van der Waals surface area contributed by atoms with Crippen LogP contribution in [0, 0.1) is 0 Å². The summed E-state index contributed by atoms with van der Waals surface area (Å²) < 4.78 is 0. The van der Waals surface area contributed by atoms with Gasteiger partial charge in [0.2, 0.25) is 0 Å². The van der Waals surface area contributed by atoms with E-state index in [1.54, 1.807) is 0 Å². The first-order chi connectivity index (χ1) is 19.4. The van der Waals surface area contributed by atoms with E-state index < -0.39 is 0 Å². The van der Waals surface area contributed by atoms with Gasteiger partial charge < -0.3 is 0 Å². The molecule has 6 aromatic carbocycles. The first-order valence-corrected chi connectivity index (χ1v) is 13.9. The summed E-state index contributed by atoms with van der Waals surface area (Å²) >= 11 is 0. The molecule has 39 heavy (non-hydrogen) atoms. The van der Waals surface area contributed by atoms with Crippen molar-refractivity contribution in [3.63, 3.8) is 0 Å². The van der Waals surface area contributed by atoms with Gasteiger partial charge in [0, 0.05) is 17.3 Å². The van der Waals surface area contributed by atoms with E-state index in [9.17, 15) is 0 Å². The molecule has 0 saturated heterocycles. The van der Waals surface area contributed by atoms with E-state index in [0.29, 0.717) is 0 Å². The number of rotatable bonds is 2. The SMILES string of the molecule is c1ccc2c(c1)-c1ccccc1C2C1(C2c3ccccc3-c3ccccc32)c2ccccc2-c2ccccc21. The molecule has 0 atom stereocenters. The van der Waals surface area contributed by atoms with E-state index >= 15 is 0 Å². The zero-order valence-electron chi connectivity index (χ0n) is 21.5. The van der Waals surface area contributed by atoms with Crippen molar-refractivity contribution in [2.75, 3.05) is 0 Å². The van der Waals surface area contributed by atoms with Crippen LogP contribution in [0.25, 0.3) is 33.4 Å². The Morgan fingerprint density at radius 3 is 0.872 bits per heavy atom. The molecule has 0 radical (unpaired) electrons. The Balaban J connectivity index is 1.50. The third kappa shape index (κ3) is 2.55. The first-order valence-electron chi connectivity index (χ1n) is 13.9. The minimum Gasteiger partial charge on any atom is -0.0619 e. The van der Waals surface area contributed by atoms with Gasteiger partial charge in [-0.3, -0.25) is 0 Å². The molecule has 0 unspecified atom stereocenters. The topological polar surface area (TPSA) is 0 Å². The molecule has 0 fully saturated rings. The fourth-order valence-corrected chi connectivity index (χ4v) is 8.38. The second-order valence-corrected chi connectivity index (χ2v) is 11.2. The highest BCUT2D eigenvalue weighted by molar-refractivity contribution is 5.90. The third-order valence-electron chi connectivity index (χ3n) is 9.61. The van der Waals surface area contributed by atoms with Crippen molar-refractivity contribution in [2.24, 2.45) is 0 Å². The summed E-state index contributed by atoms with van der Waals surface area (Å²) in [6, 6.07) is 55.0. The molecule has 0 N–H and O–H groups in total. The number of hydrogen-bond acceptors (Lipinski definition) is 0. The van der Waals surface area contributed by atoms with Crippen molar-refractivity contribution in [1.29, 1.82) is 0 Å². The molecule has 0 saturated carbocycles. The van der Waals surface area contributed by atoms with Gasteiger partial charge in [-0.15, -0.1) is 0 Å². The normalized spacial score (nSPS) is 15.7. The van der Waals surface area contributed by atoms with Crippen LogP contribution < -0.4 is 0 Å². The van der Waals surface area contributed by atoms with E-state index in [2.05, 4.69) is 146 Å². The van der Waals surface area contributed by atoms with Gasteiger partial charge in [-0.25, -0.2) is 0 Å². The average molecular weight is 495 g/mol. The van der Waals surface area contributed by atoms with Crippen molar-refractivity contribution in [3.8, 4) is 33.4 Å². The highest BCUT2D eigenvalue weighted by Crippen LogP contribution is 2.69. The van der Waals surface area contributed by atoms with Crippen molar-refractivity contribution in [3.05, 3.63) is 179 Å². The predicted octanol–water partition coefficient (Wildman–Crippen LogP) is 9.58. The maximum absolute atomic E-state index is 2.42. The van der Waals surface area contributed by atoms with Crippen LogP contribution >= 0.6 is 0 Å². The standard InChI is InChI=1S/C39H26/c1-5-19-31-25(13-1)26-14-2-6-20-32(26)37(31)39(35-23-11-9-17-29(35)30-18-10-12-24-36(30)39)38-33-21-7-3-15-27(33)28-16-4-8-22-34(28)38/h1-24,37-38H. The Kier molecular flexibility index (Phi) is 4.19. The number of benzene rings is 6. The lowest BCUT2D eigenvalue weighted by Gasteiger charge is -2.45. The highest BCUT2D eigenvalue weighted by Gasteiger charge is 2.59.